The smallest absolute Gasteiger partial charge is 0.0682 e. The van der Waals surface area contributed by atoms with E-state index in [-0.39, 0.29) is 6.61 Å². The third-order valence-corrected chi connectivity index (χ3v) is 4.19. The van der Waals surface area contributed by atoms with Crippen molar-refractivity contribution in [3.8, 4) is 0 Å². The van der Waals surface area contributed by atoms with Crippen LogP contribution >= 0.6 is 15.9 Å². The summed E-state index contributed by atoms with van der Waals surface area (Å²) in [6, 6.07) is 6.63. The third-order valence-electron chi connectivity index (χ3n) is 3.55. The molecule has 0 bridgehead atoms. The van der Waals surface area contributed by atoms with Gasteiger partial charge in [-0.25, -0.2) is 0 Å². The Morgan fingerprint density at radius 3 is 2.83 bits per heavy atom. The van der Waals surface area contributed by atoms with Gasteiger partial charge in [0.15, 0.2) is 0 Å². The van der Waals surface area contributed by atoms with Crippen molar-refractivity contribution in [2.75, 3.05) is 31.6 Å². The zero-order valence-corrected chi connectivity index (χ0v) is 12.7. The normalized spacial score (nSPS) is 22.0. The van der Waals surface area contributed by atoms with Crippen molar-refractivity contribution in [3.63, 3.8) is 0 Å². The van der Waals surface area contributed by atoms with E-state index in [1.165, 1.54) is 12.1 Å². The Bertz CT molecular complexity index is 411. The quantitative estimate of drug-likeness (QED) is 0.909. The summed E-state index contributed by atoms with van der Waals surface area (Å²) >= 11 is 3.63. The van der Waals surface area contributed by atoms with E-state index in [4.69, 9.17) is 5.11 Å². The summed E-state index contributed by atoms with van der Waals surface area (Å²) in [6.45, 7) is 5.70. The van der Waals surface area contributed by atoms with Crippen LogP contribution in [0.4, 0.5) is 5.69 Å². The van der Waals surface area contributed by atoms with E-state index >= 15 is 0 Å². The number of anilines is 1. The number of hydrogen-bond donors (Lipinski definition) is 1. The Morgan fingerprint density at radius 1 is 1.39 bits per heavy atom. The Hall–Kier alpha value is -0.580. The first kappa shape index (κ1) is 13.8. The molecule has 0 aromatic heterocycles. The fourth-order valence-electron chi connectivity index (χ4n) is 2.61. The summed E-state index contributed by atoms with van der Waals surface area (Å²) in [6.07, 6.45) is 1.19. The lowest BCUT2D eigenvalue weighted by atomic mass is 10.1. The minimum Gasteiger partial charge on any atom is -0.392 e. The van der Waals surface area contributed by atoms with Gasteiger partial charge < -0.3 is 14.9 Å². The number of aliphatic hydroxyl groups is 1. The molecule has 3 nitrogen and oxygen atoms in total. The summed E-state index contributed by atoms with van der Waals surface area (Å²) in [4.78, 5) is 4.84. The van der Waals surface area contributed by atoms with Crippen molar-refractivity contribution >= 4 is 21.6 Å². The van der Waals surface area contributed by atoms with Gasteiger partial charge in [0.05, 0.1) is 12.3 Å². The average Bonchev–Trinajstić information content (AvgIpc) is 2.50. The molecule has 4 heteroatoms. The molecule has 1 aliphatic rings. The van der Waals surface area contributed by atoms with Gasteiger partial charge >= 0.3 is 0 Å². The van der Waals surface area contributed by atoms with Crippen molar-refractivity contribution in [1.29, 1.82) is 0 Å². The molecule has 1 heterocycles. The molecular weight excluding hydrogens is 292 g/mol. The molecule has 1 atom stereocenters. The molecule has 1 N–H and O–H groups in total. The number of rotatable bonds is 2. The van der Waals surface area contributed by atoms with Crippen molar-refractivity contribution < 1.29 is 5.11 Å². The summed E-state index contributed by atoms with van der Waals surface area (Å²) in [5.74, 6) is 0. The fraction of sp³-hybridized carbons (Fsp3) is 0.571. The van der Waals surface area contributed by atoms with Crippen LogP contribution in [0.1, 0.15) is 18.9 Å². The highest BCUT2D eigenvalue weighted by Crippen LogP contribution is 2.30. The Morgan fingerprint density at radius 2 is 2.17 bits per heavy atom. The maximum absolute atomic E-state index is 9.15. The van der Waals surface area contributed by atoms with E-state index in [0.717, 1.165) is 29.7 Å². The van der Waals surface area contributed by atoms with Crippen LogP contribution in [0.5, 0.6) is 0 Å². The molecule has 1 aromatic rings. The first-order valence-electron chi connectivity index (χ1n) is 6.46. The van der Waals surface area contributed by atoms with Gasteiger partial charge in [0.2, 0.25) is 0 Å². The lowest BCUT2D eigenvalue weighted by Crippen LogP contribution is -2.38. The zero-order chi connectivity index (χ0) is 13.1. The molecule has 18 heavy (non-hydrogen) atoms. The summed E-state index contributed by atoms with van der Waals surface area (Å²) in [5, 5.41) is 9.15. The number of hydrogen-bond acceptors (Lipinski definition) is 3. The third kappa shape index (κ3) is 3.05. The van der Waals surface area contributed by atoms with Crippen molar-refractivity contribution in [3.05, 3.63) is 28.2 Å². The van der Waals surface area contributed by atoms with E-state index in [1.807, 2.05) is 12.1 Å². The van der Waals surface area contributed by atoms with Crippen LogP contribution in [0, 0.1) is 0 Å². The molecule has 0 aliphatic carbocycles. The second-order valence-corrected chi connectivity index (χ2v) is 5.96. The topological polar surface area (TPSA) is 26.7 Å². The molecule has 2 rings (SSSR count). The minimum absolute atomic E-state index is 0.0944. The van der Waals surface area contributed by atoms with Gasteiger partial charge in [-0.05, 0) is 60.6 Å². The van der Waals surface area contributed by atoms with Crippen LogP contribution < -0.4 is 4.90 Å². The van der Waals surface area contributed by atoms with Crippen LogP contribution in [0.25, 0.3) is 0 Å². The number of aliphatic hydroxyl groups excluding tert-OH is 1. The SMILES string of the molecule is CC1CN(C)CCCN1c1ccc(CO)cc1Br. The predicted molar refractivity (Wildman–Crippen MR) is 79.0 cm³/mol. The van der Waals surface area contributed by atoms with E-state index < -0.39 is 0 Å². The summed E-state index contributed by atoms with van der Waals surface area (Å²) < 4.78 is 1.07. The number of nitrogens with zero attached hydrogens (tertiary/aromatic N) is 2. The molecule has 0 amide bonds. The maximum Gasteiger partial charge on any atom is 0.0682 e. The van der Waals surface area contributed by atoms with Gasteiger partial charge in [-0.15, -0.1) is 0 Å². The summed E-state index contributed by atoms with van der Waals surface area (Å²) in [7, 11) is 2.18. The summed E-state index contributed by atoms with van der Waals surface area (Å²) in [5.41, 5.74) is 2.18. The molecule has 0 saturated carbocycles. The molecule has 0 radical (unpaired) electrons. The van der Waals surface area contributed by atoms with Crippen LogP contribution in [0.3, 0.4) is 0 Å². The maximum atomic E-state index is 9.15. The Kier molecular flexibility index (Phi) is 4.65. The zero-order valence-electron chi connectivity index (χ0n) is 11.1. The van der Waals surface area contributed by atoms with Crippen LogP contribution in [0.15, 0.2) is 22.7 Å². The van der Waals surface area contributed by atoms with E-state index in [9.17, 15) is 0 Å². The van der Waals surface area contributed by atoms with Crippen LogP contribution in [0.2, 0.25) is 0 Å². The standard InChI is InChI=1S/C14H21BrN2O/c1-11-9-16(2)6-3-7-17(11)14-5-4-12(10-18)8-13(14)15/h4-5,8,11,18H,3,6-7,9-10H2,1-2H3. The first-order valence-corrected chi connectivity index (χ1v) is 7.25. The van der Waals surface area contributed by atoms with Gasteiger partial charge in [0.25, 0.3) is 0 Å². The van der Waals surface area contributed by atoms with E-state index in [2.05, 4.69) is 45.8 Å². The molecule has 100 valence electrons. The molecule has 1 saturated heterocycles. The lowest BCUT2D eigenvalue weighted by molar-refractivity contribution is 0.282. The van der Waals surface area contributed by atoms with Gasteiger partial charge in [0.1, 0.15) is 0 Å². The van der Waals surface area contributed by atoms with Crippen molar-refractivity contribution in [2.24, 2.45) is 0 Å². The first-order chi connectivity index (χ1) is 8.61. The Balaban J connectivity index is 2.24. The second kappa shape index (κ2) is 6.04. The van der Waals surface area contributed by atoms with Gasteiger partial charge in [-0.1, -0.05) is 6.07 Å². The molecule has 0 spiro atoms. The lowest BCUT2D eigenvalue weighted by Gasteiger charge is -2.31. The van der Waals surface area contributed by atoms with Crippen LogP contribution in [-0.4, -0.2) is 42.7 Å². The van der Waals surface area contributed by atoms with Crippen LogP contribution in [-0.2, 0) is 6.61 Å². The molecule has 1 aliphatic heterocycles. The average molecular weight is 313 g/mol. The largest absolute Gasteiger partial charge is 0.392 e. The van der Waals surface area contributed by atoms with E-state index in [0.29, 0.717) is 6.04 Å². The number of likely N-dealkylation sites (N-methyl/N-ethyl adjacent to an activating group) is 1. The molecule has 1 aromatic carbocycles. The number of benzene rings is 1. The fourth-order valence-corrected chi connectivity index (χ4v) is 3.27. The van der Waals surface area contributed by atoms with Gasteiger partial charge in [-0.3, -0.25) is 0 Å². The monoisotopic (exact) mass is 312 g/mol. The highest BCUT2D eigenvalue weighted by molar-refractivity contribution is 9.10. The highest BCUT2D eigenvalue weighted by Gasteiger charge is 2.21. The molecular formula is C14H21BrN2O. The number of halogens is 1. The van der Waals surface area contributed by atoms with Crippen molar-refractivity contribution in [1.82, 2.24) is 4.90 Å². The minimum atomic E-state index is 0.0944. The molecule has 1 unspecified atom stereocenters. The highest BCUT2D eigenvalue weighted by atomic mass is 79.9. The van der Waals surface area contributed by atoms with Gasteiger partial charge in [-0.2, -0.15) is 0 Å². The van der Waals surface area contributed by atoms with Crippen molar-refractivity contribution in [2.45, 2.75) is 26.0 Å². The second-order valence-electron chi connectivity index (χ2n) is 5.10. The Labute approximate surface area is 118 Å². The molecule has 1 fully saturated rings. The predicted octanol–water partition coefficient (Wildman–Crippen LogP) is 2.47. The van der Waals surface area contributed by atoms with E-state index in [1.54, 1.807) is 0 Å². The van der Waals surface area contributed by atoms with Gasteiger partial charge in [0, 0.05) is 23.6 Å².